The van der Waals surface area contributed by atoms with Crippen molar-refractivity contribution in [2.24, 2.45) is 0 Å². The Balaban J connectivity index is 2.89. The van der Waals surface area contributed by atoms with Gasteiger partial charge in [0.1, 0.15) is 0 Å². The number of para-hydroxylation sites is 1. The number of benzene rings is 1. The van der Waals surface area contributed by atoms with Gasteiger partial charge in [0.05, 0.1) is 17.1 Å². The van der Waals surface area contributed by atoms with E-state index in [2.05, 4.69) is 17.9 Å². The fraction of sp³-hybridized carbons (Fsp3) is 0.222. The van der Waals surface area contributed by atoms with Crippen LogP contribution in [0.1, 0.15) is 5.56 Å². The second-order valence-electron chi connectivity index (χ2n) is 2.74. The lowest BCUT2D eigenvalue weighted by Gasteiger charge is -2.08. The monoisotopic (exact) mass is 196 g/mol. The zero-order valence-electron chi connectivity index (χ0n) is 7.37. The van der Waals surface area contributed by atoms with Crippen molar-refractivity contribution < 1.29 is 4.79 Å². The van der Waals surface area contributed by atoms with E-state index in [0.29, 0.717) is 11.4 Å². The molecule has 1 aromatic rings. The Labute approximate surface area is 82.7 Å². The van der Waals surface area contributed by atoms with Gasteiger partial charge in [0.2, 0.25) is 5.91 Å². The predicted octanol–water partition coefficient (Wildman–Crippen LogP) is 1.45. The number of rotatable bonds is 2. The molecule has 1 aromatic carbocycles. The number of hydrogen-bond acceptors (Lipinski definition) is 3. The first-order valence-electron chi connectivity index (χ1n) is 3.91. The van der Waals surface area contributed by atoms with Crippen LogP contribution >= 0.6 is 12.6 Å². The number of amides is 1. The number of nitrogens with two attached hydrogens (primary N) is 1. The minimum absolute atomic E-state index is 0.152. The average Bonchev–Trinajstić information content (AvgIpc) is 2.13. The number of nitrogens with one attached hydrogen (secondary N) is 1. The molecule has 1 rings (SSSR count). The van der Waals surface area contributed by atoms with Gasteiger partial charge in [0.25, 0.3) is 0 Å². The summed E-state index contributed by atoms with van der Waals surface area (Å²) in [7, 11) is 0. The molecule has 13 heavy (non-hydrogen) atoms. The van der Waals surface area contributed by atoms with Gasteiger partial charge in [-0.2, -0.15) is 12.6 Å². The first-order chi connectivity index (χ1) is 6.15. The van der Waals surface area contributed by atoms with Crippen LogP contribution in [-0.2, 0) is 4.79 Å². The van der Waals surface area contributed by atoms with Gasteiger partial charge >= 0.3 is 0 Å². The van der Waals surface area contributed by atoms with Crippen LogP contribution < -0.4 is 11.1 Å². The summed E-state index contributed by atoms with van der Waals surface area (Å²) in [6, 6.07) is 5.51. The SMILES string of the molecule is Cc1cccc(NC(=O)CS)c1N. The topological polar surface area (TPSA) is 55.1 Å². The number of hydrogen-bond donors (Lipinski definition) is 3. The van der Waals surface area contributed by atoms with Crippen LogP contribution in [-0.4, -0.2) is 11.7 Å². The van der Waals surface area contributed by atoms with Gasteiger partial charge in [-0.05, 0) is 18.6 Å². The van der Waals surface area contributed by atoms with Gasteiger partial charge in [0, 0.05) is 0 Å². The standard InChI is InChI=1S/C9H12N2OS/c1-6-3-2-4-7(9(6)10)11-8(12)5-13/h2-4,13H,5,10H2,1H3,(H,11,12). The average molecular weight is 196 g/mol. The summed E-state index contributed by atoms with van der Waals surface area (Å²) in [6.07, 6.45) is 0. The number of anilines is 2. The van der Waals surface area contributed by atoms with E-state index in [1.807, 2.05) is 19.1 Å². The van der Waals surface area contributed by atoms with E-state index >= 15 is 0 Å². The Morgan fingerprint density at radius 3 is 2.92 bits per heavy atom. The Kier molecular flexibility index (Phi) is 3.19. The Hall–Kier alpha value is -1.16. The third kappa shape index (κ3) is 2.39. The van der Waals surface area contributed by atoms with Gasteiger partial charge in [-0.15, -0.1) is 0 Å². The number of nitrogen functional groups attached to an aromatic ring is 1. The molecule has 1 amide bonds. The van der Waals surface area contributed by atoms with Crippen molar-refractivity contribution in [2.45, 2.75) is 6.92 Å². The molecule has 0 atom stereocenters. The zero-order valence-corrected chi connectivity index (χ0v) is 8.27. The molecular formula is C9H12N2OS. The summed E-state index contributed by atoms with van der Waals surface area (Å²) in [4.78, 5) is 11.0. The maximum atomic E-state index is 11.0. The van der Waals surface area contributed by atoms with Crippen molar-refractivity contribution in [3.05, 3.63) is 23.8 Å². The van der Waals surface area contributed by atoms with E-state index in [9.17, 15) is 4.79 Å². The van der Waals surface area contributed by atoms with E-state index in [-0.39, 0.29) is 11.7 Å². The van der Waals surface area contributed by atoms with E-state index in [0.717, 1.165) is 5.56 Å². The molecule has 0 aromatic heterocycles. The highest BCUT2D eigenvalue weighted by Crippen LogP contribution is 2.21. The number of carbonyl (C=O) groups is 1. The first kappa shape index (κ1) is 9.92. The second kappa shape index (κ2) is 4.18. The van der Waals surface area contributed by atoms with Crippen molar-refractivity contribution in [3.63, 3.8) is 0 Å². The fourth-order valence-corrected chi connectivity index (χ4v) is 1.06. The molecule has 3 nitrogen and oxygen atoms in total. The summed E-state index contributed by atoms with van der Waals surface area (Å²) in [6.45, 7) is 1.89. The van der Waals surface area contributed by atoms with Crippen molar-refractivity contribution in [1.29, 1.82) is 0 Å². The molecule has 0 heterocycles. The highest BCUT2D eigenvalue weighted by molar-refractivity contribution is 7.81. The number of thiol groups is 1. The lowest BCUT2D eigenvalue weighted by atomic mass is 10.2. The van der Waals surface area contributed by atoms with Gasteiger partial charge < -0.3 is 11.1 Å². The molecule has 0 aliphatic heterocycles. The fourth-order valence-electron chi connectivity index (χ4n) is 0.979. The minimum atomic E-state index is -0.152. The molecule has 0 saturated carbocycles. The maximum Gasteiger partial charge on any atom is 0.234 e. The van der Waals surface area contributed by atoms with Crippen LogP contribution in [0.25, 0.3) is 0 Å². The lowest BCUT2D eigenvalue weighted by molar-refractivity contribution is -0.113. The summed E-state index contributed by atoms with van der Waals surface area (Å²) < 4.78 is 0. The largest absolute Gasteiger partial charge is 0.397 e. The van der Waals surface area contributed by atoms with E-state index in [1.54, 1.807) is 6.07 Å². The summed E-state index contributed by atoms with van der Waals surface area (Å²) in [5.41, 5.74) is 7.96. The zero-order chi connectivity index (χ0) is 9.84. The maximum absolute atomic E-state index is 11.0. The number of aryl methyl sites for hydroxylation is 1. The van der Waals surface area contributed by atoms with Gasteiger partial charge in [0.15, 0.2) is 0 Å². The third-order valence-electron chi connectivity index (χ3n) is 1.74. The third-order valence-corrected chi connectivity index (χ3v) is 2.03. The Morgan fingerprint density at radius 1 is 1.62 bits per heavy atom. The van der Waals surface area contributed by atoms with Crippen LogP contribution in [0.3, 0.4) is 0 Å². The van der Waals surface area contributed by atoms with Crippen molar-refractivity contribution in [1.82, 2.24) is 0 Å². The van der Waals surface area contributed by atoms with Crippen LogP contribution in [0.2, 0.25) is 0 Å². The van der Waals surface area contributed by atoms with Gasteiger partial charge in [-0.25, -0.2) is 0 Å². The van der Waals surface area contributed by atoms with Crippen LogP contribution in [0.15, 0.2) is 18.2 Å². The van der Waals surface area contributed by atoms with Crippen molar-refractivity contribution in [3.8, 4) is 0 Å². The van der Waals surface area contributed by atoms with Crippen LogP contribution in [0, 0.1) is 6.92 Å². The van der Waals surface area contributed by atoms with E-state index in [4.69, 9.17) is 5.73 Å². The molecule has 4 heteroatoms. The molecule has 0 fully saturated rings. The summed E-state index contributed by atoms with van der Waals surface area (Å²) in [5.74, 6) is 0.00791. The molecule has 0 bridgehead atoms. The highest BCUT2D eigenvalue weighted by Gasteiger charge is 2.03. The highest BCUT2D eigenvalue weighted by atomic mass is 32.1. The minimum Gasteiger partial charge on any atom is -0.397 e. The van der Waals surface area contributed by atoms with Crippen molar-refractivity contribution in [2.75, 3.05) is 16.8 Å². The molecule has 3 N–H and O–H groups in total. The van der Waals surface area contributed by atoms with Gasteiger partial charge in [-0.3, -0.25) is 4.79 Å². The molecule has 0 radical (unpaired) electrons. The van der Waals surface area contributed by atoms with E-state index in [1.165, 1.54) is 0 Å². The smallest absolute Gasteiger partial charge is 0.234 e. The first-order valence-corrected chi connectivity index (χ1v) is 4.54. The summed E-state index contributed by atoms with van der Waals surface area (Å²) >= 11 is 3.85. The Morgan fingerprint density at radius 2 is 2.31 bits per heavy atom. The molecule has 0 unspecified atom stereocenters. The normalized spacial score (nSPS) is 9.69. The Bertz CT molecular complexity index is 325. The molecule has 0 aliphatic carbocycles. The number of carbonyl (C=O) groups excluding carboxylic acids is 1. The van der Waals surface area contributed by atoms with Crippen molar-refractivity contribution >= 4 is 29.9 Å². The van der Waals surface area contributed by atoms with Gasteiger partial charge in [-0.1, -0.05) is 12.1 Å². The molecule has 0 aliphatic rings. The molecule has 0 spiro atoms. The van der Waals surface area contributed by atoms with E-state index < -0.39 is 0 Å². The summed E-state index contributed by atoms with van der Waals surface area (Å²) in [5, 5.41) is 2.66. The molecule has 0 saturated heterocycles. The lowest BCUT2D eigenvalue weighted by Crippen LogP contribution is -2.14. The van der Waals surface area contributed by atoms with Crippen LogP contribution in [0.4, 0.5) is 11.4 Å². The quantitative estimate of drug-likeness (QED) is 0.495. The molecular weight excluding hydrogens is 184 g/mol. The second-order valence-corrected chi connectivity index (χ2v) is 3.06. The van der Waals surface area contributed by atoms with Crippen LogP contribution in [0.5, 0.6) is 0 Å². The predicted molar refractivity (Wildman–Crippen MR) is 58.1 cm³/mol. The molecule has 70 valence electrons.